The highest BCUT2D eigenvalue weighted by Crippen LogP contribution is 2.29. The Morgan fingerprint density at radius 3 is 1.90 bits per heavy atom. The fourth-order valence-electron chi connectivity index (χ4n) is 2.43. The van der Waals surface area contributed by atoms with Crippen molar-refractivity contribution in [2.75, 3.05) is 9.44 Å². The average molecular weight is 468 g/mol. The molecule has 0 saturated carbocycles. The molecule has 2 N–H and O–H groups in total. The van der Waals surface area contributed by atoms with Crippen molar-refractivity contribution in [2.45, 2.75) is 9.79 Å². The van der Waals surface area contributed by atoms with Crippen LogP contribution in [0.4, 0.5) is 17.1 Å². The first kappa shape index (κ1) is 21.6. The van der Waals surface area contributed by atoms with Crippen molar-refractivity contribution in [3.63, 3.8) is 0 Å². The van der Waals surface area contributed by atoms with Crippen molar-refractivity contribution in [1.82, 2.24) is 0 Å². The third kappa shape index (κ3) is 4.87. The van der Waals surface area contributed by atoms with E-state index in [-0.39, 0.29) is 31.9 Å². The second kappa shape index (κ2) is 8.30. The zero-order valence-electron chi connectivity index (χ0n) is 15.0. The zero-order chi connectivity index (χ0) is 21.9. The molecular weight excluding hydrogens is 454 g/mol. The van der Waals surface area contributed by atoms with Crippen molar-refractivity contribution in [1.29, 1.82) is 0 Å². The molecule has 0 unspecified atom stereocenters. The lowest BCUT2D eigenvalue weighted by atomic mass is 10.3. The maximum atomic E-state index is 12.5. The largest absolute Gasteiger partial charge is 0.280 e. The molecule has 0 aliphatic carbocycles. The lowest BCUT2D eigenvalue weighted by Crippen LogP contribution is -2.14. The summed E-state index contributed by atoms with van der Waals surface area (Å²) in [4.78, 5) is 9.91. The predicted octanol–water partition coefficient (Wildman–Crippen LogP) is 3.85. The molecule has 0 aromatic heterocycles. The van der Waals surface area contributed by atoms with Crippen LogP contribution in [0.1, 0.15) is 0 Å². The van der Waals surface area contributed by atoms with Crippen LogP contribution in [0.25, 0.3) is 0 Å². The summed E-state index contributed by atoms with van der Waals surface area (Å²) >= 11 is 6.11. The average Bonchev–Trinajstić information content (AvgIpc) is 2.70. The van der Waals surface area contributed by atoms with Crippen LogP contribution in [0.5, 0.6) is 0 Å². The Labute approximate surface area is 177 Å². The Morgan fingerprint density at radius 1 is 0.767 bits per heavy atom. The predicted molar refractivity (Wildman–Crippen MR) is 113 cm³/mol. The summed E-state index contributed by atoms with van der Waals surface area (Å²) in [5, 5.41) is 10.6. The third-order valence-electron chi connectivity index (χ3n) is 3.88. The fraction of sp³-hybridized carbons (Fsp3) is 0. The highest BCUT2D eigenvalue weighted by atomic mass is 35.5. The second-order valence-electron chi connectivity index (χ2n) is 5.97. The number of benzene rings is 3. The van der Waals surface area contributed by atoms with Crippen LogP contribution >= 0.6 is 11.6 Å². The molecule has 0 saturated heterocycles. The van der Waals surface area contributed by atoms with Gasteiger partial charge in [0, 0.05) is 12.1 Å². The molecule has 9 nitrogen and oxygen atoms in total. The quantitative estimate of drug-likeness (QED) is 0.400. The molecule has 12 heteroatoms. The SMILES string of the molecule is O=[N+]([O-])c1ccc(S(=O)(=O)Nc2ccc(NS(=O)(=O)c3ccccc3)cc2Cl)cc1. The van der Waals surface area contributed by atoms with Gasteiger partial charge in [-0.2, -0.15) is 0 Å². The van der Waals surface area contributed by atoms with E-state index in [4.69, 9.17) is 11.6 Å². The zero-order valence-corrected chi connectivity index (χ0v) is 17.4. The van der Waals surface area contributed by atoms with E-state index in [0.717, 1.165) is 24.3 Å². The Balaban J connectivity index is 1.81. The molecule has 0 radical (unpaired) electrons. The lowest BCUT2D eigenvalue weighted by molar-refractivity contribution is -0.384. The van der Waals surface area contributed by atoms with Crippen LogP contribution < -0.4 is 9.44 Å². The normalized spacial score (nSPS) is 11.6. The first-order valence-electron chi connectivity index (χ1n) is 8.23. The number of hydrogen-bond donors (Lipinski definition) is 2. The van der Waals surface area contributed by atoms with E-state index >= 15 is 0 Å². The van der Waals surface area contributed by atoms with E-state index in [1.807, 2.05) is 0 Å². The molecule has 0 spiro atoms. The van der Waals surface area contributed by atoms with E-state index in [2.05, 4.69) is 9.44 Å². The first-order valence-corrected chi connectivity index (χ1v) is 11.6. The number of halogens is 1. The number of sulfonamides is 2. The van der Waals surface area contributed by atoms with Gasteiger partial charge in [-0.05, 0) is 42.5 Å². The molecule has 0 amide bonds. The lowest BCUT2D eigenvalue weighted by Gasteiger charge is -2.12. The van der Waals surface area contributed by atoms with Crippen LogP contribution in [-0.4, -0.2) is 21.8 Å². The Kier molecular flexibility index (Phi) is 5.97. The molecular formula is C18H14ClN3O6S2. The van der Waals surface area contributed by atoms with Gasteiger partial charge in [0.2, 0.25) is 0 Å². The minimum atomic E-state index is -4.06. The highest BCUT2D eigenvalue weighted by Gasteiger charge is 2.19. The topological polar surface area (TPSA) is 135 Å². The summed E-state index contributed by atoms with van der Waals surface area (Å²) in [5.74, 6) is 0. The number of nitro groups is 1. The molecule has 156 valence electrons. The molecule has 0 bridgehead atoms. The summed E-state index contributed by atoms with van der Waals surface area (Å²) < 4.78 is 54.3. The molecule has 0 aliphatic heterocycles. The minimum absolute atomic E-state index is 0.0117. The van der Waals surface area contributed by atoms with E-state index in [0.29, 0.717) is 0 Å². The van der Waals surface area contributed by atoms with E-state index < -0.39 is 25.0 Å². The summed E-state index contributed by atoms with van der Waals surface area (Å²) in [7, 11) is -7.90. The van der Waals surface area contributed by atoms with Crippen LogP contribution in [-0.2, 0) is 20.0 Å². The van der Waals surface area contributed by atoms with Gasteiger partial charge in [-0.3, -0.25) is 19.6 Å². The van der Waals surface area contributed by atoms with Crippen molar-refractivity contribution < 1.29 is 21.8 Å². The molecule has 0 heterocycles. The summed E-state index contributed by atoms with van der Waals surface area (Å²) in [6.07, 6.45) is 0. The van der Waals surface area contributed by atoms with Crippen molar-refractivity contribution >= 4 is 48.7 Å². The van der Waals surface area contributed by atoms with Gasteiger partial charge in [0.05, 0.1) is 31.1 Å². The standard InChI is InChI=1S/C18H14ClN3O6S2/c19-17-12-13(20-29(25,26)15-4-2-1-3-5-15)6-11-18(17)21-30(27,28)16-9-7-14(8-10-16)22(23)24/h1-12,20-21H. The van der Waals surface area contributed by atoms with Gasteiger partial charge < -0.3 is 0 Å². The number of rotatable bonds is 7. The van der Waals surface area contributed by atoms with Gasteiger partial charge in [-0.25, -0.2) is 16.8 Å². The summed E-state index contributed by atoms with van der Waals surface area (Å²) in [5.41, 5.74) is -0.0955. The van der Waals surface area contributed by atoms with E-state index in [1.54, 1.807) is 18.2 Å². The van der Waals surface area contributed by atoms with Gasteiger partial charge in [-0.15, -0.1) is 0 Å². The smallest absolute Gasteiger partial charge is 0.269 e. The van der Waals surface area contributed by atoms with Crippen LogP contribution in [0.3, 0.4) is 0 Å². The molecule has 0 fully saturated rings. The van der Waals surface area contributed by atoms with E-state index in [1.165, 1.54) is 30.3 Å². The van der Waals surface area contributed by atoms with Crippen LogP contribution in [0, 0.1) is 10.1 Å². The summed E-state index contributed by atoms with van der Waals surface area (Å²) in [6.45, 7) is 0. The van der Waals surface area contributed by atoms with Gasteiger partial charge >= 0.3 is 0 Å². The van der Waals surface area contributed by atoms with Crippen molar-refractivity contribution in [3.05, 3.63) is 87.9 Å². The van der Waals surface area contributed by atoms with Gasteiger partial charge in [-0.1, -0.05) is 29.8 Å². The first-order chi connectivity index (χ1) is 14.1. The maximum absolute atomic E-state index is 12.5. The Bertz CT molecular complexity index is 1300. The Hall–Kier alpha value is -3.15. The van der Waals surface area contributed by atoms with Crippen molar-refractivity contribution in [2.24, 2.45) is 0 Å². The molecule has 0 atom stereocenters. The van der Waals surface area contributed by atoms with Crippen LogP contribution in [0.15, 0.2) is 82.6 Å². The number of anilines is 2. The van der Waals surface area contributed by atoms with Gasteiger partial charge in [0.1, 0.15) is 0 Å². The number of hydrogen-bond acceptors (Lipinski definition) is 6. The number of nitro benzene ring substituents is 1. The van der Waals surface area contributed by atoms with Gasteiger partial charge in [0.15, 0.2) is 0 Å². The molecule has 3 rings (SSSR count). The second-order valence-corrected chi connectivity index (χ2v) is 9.74. The van der Waals surface area contributed by atoms with Gasteiger partial charge in [0.25, 0.3) is 25.7 Å². The fourth-order valence-corrected chi connectivity index (χ4v) is 4.86. The Morgan fingerprint density at radius 2 is 1.33 bits per heavy atom. The molecule has 3 aromatic rings. The number of nitrogens with one attached hydrogen (secondary N) is 2. The molecule has 0 aliphatic rings. The highest BCUT2D eigenvalue weighted by molar-refractivity contribution is 7.93. The maximum Gasteiger partial charge on any atom is 0.269 e. The monoisotopic (exact) mass is 467 g/mol. The van der Waals surface area contributed by atoms with Crippen LogP contribution in [0.2, 0.25) is 5.02 Å². The third-order valence-corrected chi connectivity index (χ3v) is 6.97. The molecule has 3 aromatic carbocycles. The minimum Gasteiger partial charge on any atom is -0.280 e. The number of nitrogens with zero attached hydrogens (tertiary/aromatic N) is 1. The number of non-ortho nitro benzene ring substituents is 1. The molecule has 30 heavy (non-hydrogen) atoms. The van der Waals surface area contributed by atoms with Crippen molar-refractivity contribution in [3.8, 4) is 0 Å². The summed E-state index contributed by atoms with van der Waals surface area (Å²) in [6, 6.07) is 15.9. The van der Waals surface area contributed by atoms with E-state index in [9.17, 15) is 26.9 Å².